The molecule has 0 amide bonds. The van der Waals surface area contributed by atoms with E-state index in [1.165, 1.54) is 29.6 Å². The van der Waals surface area contributed by atoms with E-state index in [9.17, 15) is 13.2 Å². The standard InChI is InChI=1S/C22H21NO4S/c1-17(18-10-5-3-6-11-18)27-22(24)19-12-9-15-21(16-19)28(25,26)23(2)20-13-7-4-8-14-20/h3-17H,1-2H3/t17-/m0/s1. The van der Waals surface area contributed by atoms with Gasteiger partial charge in [0, 0.05) is 7.05 Å². The fourth-order valence-corrected chi connectivity index (χ4v) is 3.98. The molecule has 6 heteroatoms. The number of carbonyl (C=O) groups is 1. The van der Waals surface area contributed by atoms with Crippen LogP contribution < -0.4 is 4.31 Å². The van der Waals surface area contributed by atoms with Gasteiger partial charge in [-0.3, -0.25) is 4.31 Å². The molecule has 5 nitrogen and oxygen atoms in total. The first kappa shape index (κ1) is 19.6. The molecule has 0 heterocycles. The highest BCUT2D eigenvalue weighted by atomic mass is 32.2. The number of anilines is 1. The highest BCUT2D eigenvalue weighted by Gasteiger charge is 2.23. The molecule has 144 valence electrons. The minimum Gasteiger partial charge on any atom is -0.454 e. The van der Waals surface area contributed by atoms with Crippen LogP contribution in [0.5, 0.6) is 0 Å². The van der Waals surface area contributed by atoms with Crippen molar-refractivity contribution in [3.05, 3.63) is 96.1 Å². The SMILES string of the molecule is C[C@H](OC(=O)c1cccc(S(=O)(=O)N(C)c2ccccc2)c1)c1ccccc1. The molecule has 0 aliphatic carbocycles. The second-order valence-corrected chi connectivity index (χ2v) is 8.26. The van der Waals surface area contributed by atoms with E-state index in [2.05, 4.69) is 0 Å². The van der Waals surface area contributed by atoms with Crippen LogP contribution in [0.4, 0.5) is 5.69 Å². The summed E-state index contributed by atoms with van der Waals surface area (Å²) in [7, 11) is -2.32. The van der Waals surface area contributed by atoms with Crippen molar-refractivity contribution in [2.75, 3.05) is 11.4 Å². The highest BCUT2D eigenvalue weighted by molar-refractivity contribution is 7.92. The van der Waals surface area contributed by atoms with Gasteiger partial charge in [0.2, 0.25) is 0 Å². The van der Waals surface area contributed by atoms with Crippen LogP contribution in [0.25, 0.3) is 0 Å². The molecule has 0 unspecified atom stereocenters. The molecule has 0 spiro atoms. The zero-order valence-corrected chi connectivity index (χ0v) is 16.5. The molecule has 0 fully saturated rings. The second kappa shape index (κ2) is 8.27. The van der Waals surface area contributed by atoms with Crippen molar-refractivity contribution in [3.8, 4) is 0 Å². The first-order valence-electron chi connectivity index (χ1n) is 8.79. The average molecular weight is 395 g/mol. The molecule has 0 bridgehead atoms. The number of hydrogen-bond donors (Lipinski definition) is 0. The highest BCUT2D eigenvalue weighted by Crippen LogP contribution is 2.24. The molecule has 28 heavy (non-hydrogen) atoms. The lowest BCUT2D eigenvalue weighted by atomic mass is 10.1. The van der Waals surface area contributed by atoms with Crippen LogP contribution in [0.3, 0.4) is 0 Å². The van der Waals surface area contributed by atoms with Crippen LogP contribution >= 0.6 is 0 Å². The molecule has 3 rings (SSSR count). The molecule has 0 aliphatic rings. The fourth-order valence-electron chi connectivity index (χ4n) is 2.74. The maximum absolute atomic E-state index is 12.9. The van der Waals surface area contributed by atoms with Crippen LogP contribution in [0, 0.1) is 0 Å². The first-order valence-corrected chi connectivity index (χ1v) is 10.2. The summed E-state index contributed by atoms with van der Waals surface area (Å²) < 4.78 is 32.5. The smallest absolute Gasteiger partial charge is 0.338 e. The zero-order valence-electron chi connectivity index (χ0n) is 15.6. The topological polar surface area (TPSA) is 63.7 Å². The third-order valence-corrected chi connectivity index (χ3v) is 6.18. The average Bonchev–Trinajstić information content (AvgIpc) is 2.74. The van der Waals surface area contributed by atoms with E-state index >= 15 is 0 Å². The predicted molar refractivity (Wildman–Crippen MR) is 109 cm³/mol. The maximum Gasteiger partial charge on any atom is 0.338 e. The Morgan fingerprint density at radius 2 is 1.50 bits per heavy atom. The lowest BCUT2D eigenvalue weighted by Crippen LogP contribution is -2.26. The summed E-state index contributed by atoms with van der Waals surface area (Å²) in [4.78, 5) is 12.5. The number of para-hydroxylation sites is 1. The molecular weight excluding hydrogens is 374 g/mol. The van der Waals surface area contributed by atoms with E-state index < -0.39 is 22.1 Å². The van der Waals surface area contributed by atoms with Crippen LogP contribution in [-0.4, -0.2) is 21.4 Å². The van der Waals surface area contributed by atoms with Crippen molar-refractivity contribution < 1.29 is 17.9 Å². The van der Waals surface area contributed by atoms with Gasteiger partial charge in [0.15, 0.2) is 0 Å². The summed E-state index contributed by atoms with van der Waals surface area (Å²) in [6.07, 6.45) is -0.444. The molecule has 0 saturated carbocycles. The van der Waals surface area contributed by atoms with Crippen molar-refractivity contribution in [2.45, 2.75) is 17.9 Å². The van der Waals surface area contributed by atoms with Crippen LogP contribution in [0.1, 0.15) is 28.9 Å². The van der Waals surface area contributed by atoms with Gasteiger partial charge < -0.3 is 4.74 Å². The molecule has 0 aromatic heterocycles. The first-order chi connectivity index (χ1) is 13.4. The summed E-state index contributed by atoms with van der Waals surface area (Å²) in [5.74, 6) is -0.573. The molecule has 0 radical (unpaired) electrons. The van der Waals surface area contributed by atoms with Gasteiger partial charge in [-0.2, -0.15) is 0 Å². The van der Waals surface area contributed by atoms with Crippen molar-refractivity contribution in [1.29, 1.82) is 0 Å². The molecule has 3 aromatic rings. The van der Waals surface area contributed by atoms with Crippen molar-refractivity contribution in [1.82, 2.24) is 0 Å². The Hall–Kier alpha value is -3.12. The summed E-state index contributed by atoms with van der Waals surface area (Å²) in [5, 5.41) is 0. The number of nitrogens with zero attached hydrogens (tertiary/aromatic N) is 1. The summed E-state index contributed by atoms with van der Waals surface area (Å²) in [5.41, 5.74) is 1.59. The quantitative estimate of drug-likeness (QED) is 0.579. The van der Waals surface area contributed by atoms with Crippen LogP contribution in [0.2, 0.25) is 0 Å². The Morgan fingerprint density at radius 1 is 0.893 bits per heavy atom. The minimum absolute atomic E-state index is 0.0284. The molecule has 3 aromatic carbocycles. The largest absolute Gasteiger partial charge is 0.454 e. The lowest BCUT2D eigenvalue weighted by Gasteiger charge is -2.20. The molecule has 0 N–H and O–H groups in total. The zero-order chi connectivity index (χ0) is 20.1. The Bertz CT molecular complexity index is 1050. The number of hydrogen-bond acceptors (Lipinski definition) is 4. The number of esters is 1. The van der Waals surface area contributed by atoms with E-state index in [-0.39, 0.29) is 10.5 Å². The summed E-state index contributed by atoms with van der Waals surface area (Å²) >= 11 is 0. The number of ether oxygens (including phenoxy) is 1. The lowest BCUT2D eigenvalue weighted by molar-refractivity contribution is 0.0337. The van der Waals surface area contributed by atoms with Crippen LogP contribution in [0.15, 0.2) is 89.8 Å². The third kappa shape index (κ3) is 4.23. The number of carbonyl (C=O) groups excluding carboxylic acids is 1. The number of benzene rings is 3. The van der Waals surface area contributed by atoms with Gasteiger partial charge in [-0.1, -0.05) is 54.6 Å². The third-order valence-electron chi connectivity index (χ3n) is 4.40. The molecule has 1 atom stereocenters. The minimum atomic E-state index is -3.80. The van der Waals surface area contributed by atoms with E-state index in [4.69, 9.17) is 4.74 Å². The second-order valence-electron chi connectivity index (χ2n) is 6.29. The fraction of sp³-hybridized carbons (Fsp3) is 0.136. The number of sulfonamides is 1. The van der Waals surface area contributed by atoms with Gasteiger partial charge in [-0.25, -0.2) is 13.2 Å². The molecule has 0 saturated heterocycles. The van der Waals surface area contributed by atoms with Gasteiger partial charge in [-0.05, 0) is 42.8 Å². The van der Waals surface area contributed by atoms with E-state index in [0.717, 1.165) is 5.56 Å². The monoisotopic (exact) mass is 395 g/mol. The van der Waals surface area contributed by atoms with Gasteiger partial charge in [-0.15, -0.1) is 0 Å². The molecular formula is C22H21NO4S. The van der Waals surface area contributed by atoms with Crippen molar-refractivity contribution >= 4 is 21.7 Å². The van der Waals surface area contributed by atoms with Crippen molar-refractivity contribution in [2.24, 2.45) is 0 Å². The summed E-state index contributed by atoms with van der Waals surface area (Å²) in [6.45, 7) is 1.77. The van der Waals surface area contributed by atoms with Gasteiger partial charge >= 0.3 is 5.97 Å². The van der Waals surface area contributed by atoms with Gasteiger partial charge in [0.25, 0.3) is 10.0 Å². The Kier molecular flexibility index (Phi) is 5.80. The Balaban J connectivity index is 1.82. The van der Waals surface area contributed by atoms with Gasteiger partial charge in [0.1, 0.15) is 6.10 Å². The predicted octanol–water partition coefficient (Wildman–Crippen LogP) is 4.43. The Morgan fingerprint density at radius 3 is 2.14 bits per heavy atom. The summed E-state index contributed by atoms with van der Waals surface area (Å²) in [6, 6.07) is 24.0. The number of rotatable bonds is 6. The van der Waals surface area contributed by atoms with Crippen molar-refractivity contribution in [3.63, 3.8) is 0 Å². The van der Waals surface area contributed by atoms with Gasteiger partial charge in [0.05, 0.1) is 16.1 Å². The van der Waals surface area contributed by atoms with E-state index in [1.807, 2.05) is 36.4 Å². The van der Waals surface area contributed by atoms with E-state index in [1.54, 1.807) is 37.3 Å². The van der Waals surface area contributed by atoms with E-state index in [0.29, 0.717) is 5.69 Å². The van der Waals surface area contributed by atoms with Crippen LogP contribution in [-0.2, 0) is 14.8 Å². The maximum atomic E-state index is 12.9. The molecule has 0 aliphatic heterocycles. The normalized spacial score (nSPS) is 12.2. The Labute approximate surface area is 165 Å².